The summed E-state index contributed by atoms with van der Waals surface area (Å²) >= 11 is 0. The Morgan fingerprint density at radius 2 is 1.55 bits per heavy atom. The molecule has 0 spiro atoms. The van der Waals surface area contributed by atoms with E-state index < -0.39 is 12.1 Å². The number of methoxy groups -OCH3 is 2. The molecule has 0 aliphatic rings. The number of hydrogen-bond donors (Lipinski definition) is 1. The summed E-state index contributed by atoms with van der Waals surface area (Å²) in [5.74, 6) is -0.118. The van der Waals surface area contributed by atoms with Crippen molar-refractivity contribution in [2.45, 2.75) is 26.9 Å². The van der Waals surface area contributed by atoms with Gasteiger partial charge in [-0.3, -0.25) is 9.59 Å². The van der Waals surface area contributed by atoms with E-state index in [0.717, 1.165) is 0 Å². The third-order valence-corrected chi connectivity index (χ3v) is 4.44. The van der Waals surface area contributed by atoms with Crippen molar-refractivity contribution >= 4 is 29.4 Å². The van der Waals surface area contributed by atoms with Crippen LogP contribution in [0.1, 0.15) is 36.7 Å². The lowest BCUT2D eigenvalue weighted by molar-refractivity contribution is -0.140. The van der Waals surface area contributed by atoms with E-state index in [0.29, 0.717) is 28.3 Å². The van der Waals surface area contributed by atoms with Gasteiger partial charge in [0.1, 0.15) is 0 Å². The fourth-order valence-electron chi connectivity index (χ4n) is 2.63. The second kappa shape index (κ2) is 11.0. The summed E-state index contributed by atoms with van der Waals surface area (Å²) in [4.78, 5) is 36.4. The average molecular weight is 425 g/mol. The van der Waals surface area contributed by atoms with E-state index in [1.807, 2.05) is 0 Å². The molecule has 31 heavy (non-hydrogen) atoms. The number of ketones is 1. The second-order valence-electron chi connectivity index (χ2n) is 7.11. The van der Waals surface area contributed by atoms with Crippen LogP contribution in [0.2, 0.25) is 0 Å². The largest absolute Gasteiger partial charge is 0.493 e. The molecule has 0 aliphatic carbocycles. The van der Waals surface area contributed by atoms with Gasteiger partial charge < -0.3 is 19.5 Å². The van der Waals surface area contributed by atoms with Crippen molar-refractivity contribution in [1.29, 1.82) is 0 Å². The van der Waals surface area contributed by atoms with Crippen LogP contribution in [-0.2, 0) is 14.3 Å². The molecule has 1 amide bonds. The Hall–Kier alpha value is -3.61. The minimum atomic E-state index is -0.960. The lowest BCUT2D eigenvalue weighted by Crippen LogP contribution is -2.23. The molecule has 2 rings (SSSR count). The Balaban J connectivity index is 1.97. The second-order valence-corrected chi connectivity index (χ2v) is 7.11. The Morgan fingerprint density at radius 3 is 2.13 bits per heavy atom. The van der Waals surface area contributed by atoms with E-state index in [2.05, 4.69) is 5.32 Å². The van der Waals surface area contributed by atoms with Gasteiger partial charge in [-0.05, 0) is 55.0 Å². The number of nitrogens with one attached hydrogen (secondary N) is 1. The molecule has 0 radical (unpaired) electrons. The maximum Gasteiger partial charge on any atom is 0.331 e. The van der Waals surface area contributed by atoms with Crippen molar-refractivity contribution < 1.29 is 28.6 Å². The van der Waals surface area contributed by atoms with Gasteiger partial charge in [-0.1, -0.05) is 19.9 Å². The van der Waals surface area contributed by atoms with Crippen LogP contribution in [0.5, 0.6) is 11.5 Å². The van der Waals surface area contributed by atoms with E-state index >= 15 is 0 Å². The molecule has 0 aromatic heterocycles. The third-order valence-electron chi connectivity index (χ3n) is 4.44. The Labute approximate surface area is 182 Å². The normalized spacial score (nSPS) is 11.8. The molecular formula is C24H27NO6. The molecule has 2 aromatic carbocycles. The quantitative estimate of drug-likeness (QED) is 0.369. The molecule has 7 nitrogen and oxygen atoms in total. The van der Waals surface area contributed by atoms with Crippen molar-refractivity contribution in [2.75, 3.05) is 19.5 Å². The van der Waals surface area contributed by atoms with Gasteiger partial charge in [0, 0.05) is 23.2 Å². The Bertz CT molecular complexity index is 963. The molecule has 1 atom stereocenters. The lowest BCUT2D eigenvalue weighted by atomic mass is 10.1. The van der Waals surface area contributed by atoms with Gasteiger partial charge in [-0.25, -0.2) is 4.79 Å². The number of amides is 1. The maximum absolute atomic E-state index is 12.5. The van der Waals surface area contributed by atoms with Gasteiger partial charge >= 0.3 is 5.97 Å². The molecule has 0 saturated heterocycles. The monoisotopic (exact) mass is 425 g/mol. The number of Topliss-reactive ketones (excluding diaryl/α,β-unsaturated/α-hetero) is 1. The number of carbonyl (C=O) groups is 3. The van der Waals surface area contributed by atoms with Gasteiger partial charge in [0.15, 0.2) is 17.6 Å². The van der Waals surface area contributed by atoms with Crippen LogP contribution in [0, 0.1) is 5.92 Å². The highest BCUT2D eigenvalue weighted by Crippen LogP contribution is 2.28. The zero-order valence-electron chi connectivity index (χ0n) is 18.3. The summed E-state index contributed by atoms with van der Waals surface area (Å²) in [6, 6.07) is 11.7. The molecular weight excluding hydrogens is 398 g/mol. The highest BCUT2D eigenvalue weighted by atomic mass is 16.5. The Morgan fingerprint density at radius 1 is 0.903 bits per heavy atom. The van der Waals surface area contributed by atoms with E-state index in [4.69, 9.17) is 14.2 Å². The molecule has 0 aliphatic heterocycles. The van der Waals surface area contributed by atoms with E-state index in [1.165, 1.54) is 20.1 Å². The number of ether oxygens (including phenoxy) is 3. The summed E-state index contributed by atoms with van der Waals surface area (Å²) in [6.07, 6.45) is 1.85. The number of anilines is 1. The summed E-state index contributed by atoms with van der Waals surface area (Å²) in [7, 11) is 3.07. The van der Waals surface area contributed by atoms with Crippen LogP contribution >= 0.6 is 0 Å². The lowest BCUT2D eigenvalue weighted by Gasteiger charge is -2.12. The highest BCUT2D eigenvalue weighted by molar-refractivity contribution is 6.01. The van der Waals surface area contributed by atoms with Gasteiger partial charge in [0.25, 0.3) is 0 Å². The van der Waals surface area contributed by atoms with E-state index in [-0.39, 0.29) is 17.6 Å². The molecule has 1 unspecified atom stereocenters. The average Bonchev–Trinajstić information content (AvgIpc) is 2.77. The summed E-state index contributed by atoms with van der Waals surface area (Å²) in [5, 5.41) is 2.76. The first-order valence-corrected chi connectivity index (χ1v) is 9.81. The van der Waals surface area contributed by atoms with Gasteiger partial charge in [0.2, 0.25) is 11.7 Å². The summed E-state index contributed by atoms with van der Waals surface area (Å²) in [5.41, 5.74) is 1.69. The number of esters is 1. The molecule has 0 saturated carbocycles. The van der Waals surface area contributed by atoms with Gasteiger partial charge in [0.05, 0.1) is 14.2 Å². The smallest absolute Gasteiger partial charge is 0.331 e. The SMILES string of the molecule is COc1ccc(/C=C/C(=O)OC(C)C(=O)c2ccc(NC(=O)C(C)C)cc2)cc1OC. The van der Waals surface area contributed by atoms with Crippen molar-refractivity contribution in [2.24, 2.45) is 5.92 Å². The first kappa shape index (κ1) is 23.7. The zero-order valence-corrected chi connectivity index (χ0v) is 18.3. The minimum absolute atomic E-state index is 0.109. The molecule has 164 valence electrons. The van der Waals surface area contributed by atoms with Crippen LogP contribution in [0.15, 0.2) is 48.5 Å². The molecule has 7 heteroatoms. The Kier molecular flexibility index (Phi) is 8.37. The fourth-order valence-corrected chi connectivity index (χ4v) is 2.63. The topological polar surface area (TPSA) is 90.9 Å². The maximum atomic E-state index is 12.5. The van der Waals surface area contributed by atoms with Crippen LogP contribution in [0.4, 0.5) is 5.69 Å². The summed E-state index contributed by atoms with van der Waals surface area (Å²) < 4.78 is 15.6. The molecule has 0 fully saturated rings. The van der Waals surface area contributed by atoms with Crippen molar-refractivity contribution in [3.63, 3.8) is 0 Å². The van der Waals surface area contributed by atoms with Crippen LogP contribution in [0.25, 0.3) is 6.08 Å². The third kappa shape index (κ3) is 6.70. The number of hydrogen-bond acceptors (Lipinski definition) is 6. The highest BCUT2D eigenvalue weighted by Gasteiger charge is 2.19. The number of rotatable bonds is 9. The number of carbonyl (C=O) groups excluding carboxylic acids is 3. The van der Waals surface area contributed by atoms with Crippen LogP contribution in [-0.4, -0.2) is 38.0 Å². The fraction of sp³-hybridized carbons (Fsp3) is 0.292. The van der Waals surface area contributed by atoms with E-state index in [9.17, 15) is 14.4 Å². The summed E-state index contributed by atoms with van der Waals surface area (Å²) in [6.45, 7) is 5.10. The molecule has 2 aromatic rings. The standard InChI is InChI=1S/C24H27NO6/c1-15(2)24(28)25-19-10-8-18(9-11-19)23(27)16(3)31-22(26)13-7-17-6-12-20(29-4)21(14-17)30-5/h6-16H,1-5H3,(H,25,28)/b13-7+. The van der Waals surface area contributed by atoms with Crippen LogP contribution < -0.4 is 14.8 Å². The first-order chi connectivity index (χ1) is 14.7. The zero-order chi connectivity index (χ0) is 23.0. The molecule has 0 heterocycles. The molecule has 0 bridgehead atoms. The van der Waals surface area contributed by atoms with Crippen molar-refractivity contribution in [3.8, 4) is 11.5 Å². The number of benzene rings is 2. The van der Waals surface area contributed by atoms with Crippen molar-refractivity contribution in [3.05, 3.63) is 59.7 Å². The predicted octanol–water partition coefficient (Wildman–Crippen LogP) is 4.13. The van der Waals surface area contributed by atoms with E-state index in [1.54, 1.807) is 69.5 Å². The van der Waals surface area contributed by atoms with Gasteiger partial charge in [-0.2, -0.15) is 0 Å². The van der Waals surface area contributed by atoms with Gasteiger partial charge in [-0.15, -0.1) is 0 Å². The minimum Gasteiger partial charge on any atom is -0.493 e. The molecule has 1 N–H and O–H groups in total. The van der Waals surface area contributed by atoms with Crippen molar-refractivity contribution in [1.82, 2.24) is 0 Å². The predicted molar refractivity (Wildman–Crippen MR) is 118 cm³/mol. The first-order valence-electron chi connectivity index (χ1n) is 9.81. The van der Waals surface area contributed by atoms with Crippen LogP contribution in [0.3, 0.4) is 0 Å².